The molecule has 0 saturated carbocycles. The van der Waals surface area contributed by atoms with Crippen molar-refractivity contribution >= 4 is 17.3 Å². The lowest BCUT2D eigenvalue weighted by atomic mass is 10.1. The zero-order valence-electron chi connectivity index (χ0n) is 16.5. The molecule has 2 aromatic carbocycles. The number of hydrogen-bond acceptors (Lipinski definition) is 5. The quantitative estimate of drug-likeness (QED) is 0.313. The third-order valence-corrected chi connectivity index (χ3v) is 5.27. The molecule has 2 heterocycles. The number of nitrogens with zero attached hydrogens (tertiary/aromatic N) is 3. The summed E-state index contributed by atoms with van der Waals surface area (Å²) in [4.78, 5) is 5.17. The summed E-state index contributed by atoms with van der Waals surface area (Å²) in [5.41, 5.74) is 1.85. The van der Waals surface area contributed by atoms with E-state index in [0.717, 1.165) is 24.3 Å². The van der Waals surface area contributed by atoms with Gasteiger partial charge in [-0.25, -0.2) is 24.2 Å². The summed E-state index contributed by atoms with van der Waals surface area (Å²) in [5, 5.41) is -0.302. The highest BCUT2D eigenvalue weighted by Gasteiger charge is 2.48. The molecule has 1 aliphatic heterocycles. The SMILES string of the molecule is CN1CN(c2ccccc2Oc2ccc(C(F)(F)F)cn2)C(Cl)(c2c(F)cccc2F)N1. The van der Waals surface area contributed by atoms with Gasteiger partial charge in [-0.05, 0) is 30.3 Å². The zero-order chi connectivity index (χ0) is 23.1. The Morgan fingerprint density at radius 3 is 2.34 bits per heavy atom. The van der Waals surface area contributed by atoms with E-state index in [4.69, 9.17) is 16.3 Å². The van der Waals surface area contributed by atoms with Crippen molar-refractivity contribution in [3.8, 4) is 11.6 Å². The Kier molecular flexibility index (Phi) is 5.70. The molecule has 0 spiro atoms. The summed E-state index contributed by atoms with van der Waals surface area (Å²) < 4.78 is 73.3. The molecule has 11 heteroatoms. The van der Waals surface area contributed by atoms with Gasteiger partial charge in [-0.3, -0.25) is 0 Å². The van der Waals surface area contributed by atoms with Gasteiger partial charge in [0.25, 0.3) is 0 Å². The molecular formula is C21H16ClF5N4O. The fraction of sp³-hybridized carbons (Fsp3) is 0.190. The molecule has 1 fully saturated rings. The predicted octanol–water partition coefficient (Wildman–Crippen LogP) is 5.43. The molecule has 4 rings (SSSR count). The molecule has 0 radical (unpaired) electrons. The van der Waals surface area contributed by atoms with Crippen LogP contribution in [-0.2, 0) is 11.3 Å². The van der Waals surface area contributed by atoms with Gasteiger partial charge in [-0.2, -0.15) is 13.2 Å². The van der Waals surface area contributed by atoms with E-state index in [9.17, 15) is 22.0 Å². The number of hydrazine groups is 1. The van der Waals surface area contributed by atoms with Crippen molar-refractivity contribution in [1.29, 1.82) is 0 Å². The molecule has 1 atom stereocenters. The van der Waals surface area contributed by atoms with Crippen LogP contribution < -0.4 is 15.1 Å². The standard InChI is InChI=1S/C21H16ClF5N4O/c1-30-12-31(20(22,29-30)19-14(23)5-4-6-15(19)24)16-7-2-3-8-17(16)32-18-10-9-13(11-28-18)21(25,26)27/h2-11,29H,12H2,1H3. The van der Waals surface area contributed by atoms with Crippen LogP contribution in [0.25, 0.3) is 0 Å². The fourth-order valence-corrected chi connectivity index (χ4v) is 3.86. The molecule has 0 bridgehead atoms. The van der Waals surface area contributed by atoms with Crippen molar-refractivity contribution in [1.82, 2.24) is 15.4 Å². The second-order valence-electron chi connectivity index (χ2n) is 7.05. The van der Waals surface area contributed by atoms with Gasteiger partial charge in [0.1, 0.15) is 11.6 Å². The predicted molar refractivity (Wildman–Crippen MR) is 108 cm³/mol. The number of pyridine rings is 1. The maximum absolute atomic E-state index is 14.6. The number of aromatic nitrogens is 1. The van der Waals surface area contributed by atoms with E-state index < -0.39 is 34.1 Å². The van der Waals surface area contributed by atoms with Crippen LogP contribution in [0.3, 0.4) is 0 Å². The van der Waals surface area contributed by atoms with Crippen LogP contribution >= 0.6 is 11.6 Å². The third kappa shape index (κ3) is 4.08. The molecule has 1 aromatic heterocycles. The van der Waals surface area contributed by atoms with Crippen molar-refractivity contribution in [2.45, 2.75) is 11.3 Å². The Balaban J connectivity index is 1.73. The van der Waals surface area contributed by atoms with E-state index in [1.165, 1.54) is 16.0 Å². The smallest absolute Gasteiger partial charge is 0.417 e. The number of anilines is 1. The normalized spacial score (nSPS) is 19.4. The van der Waals surface area contributed by atoms with Gasteiger partial charge >= 0.3 is 6.18 Å². The Hall–Kier alpha value is -2.95. The number of benzene rings is 2. The molecule has 5 nitrogen and oxygen atoms in total. The Bertz CT molecular complexity index is 1110. The number of halogens is 6. The van der Waals surface area contributed by atoms with E-state index in [1.54, 1.807) is 31.3 Å². The summed E-state index contributed by atoms with van der Waals surface area (Å²) in [7, 11) is 1.64. The Labute approximate surface area is 185 Å². The van der Waals surface area contributed by atoms with E-state index in [1.807, 2.05) is 0 Å². The first kappa shape index (κ1) is 22.3. The number of alkyl halides is 4. The highest BCUT2D eigenvalue weighted by atomic mass is 35.5. The van der Waals surface area contributed by atoms with Gasteiger partial charge in [-0.1, -0.05) is 29.8 Å². The minimum absolute atomic E-state index is 0.0943. The first-order valence-electron chi connectivity index (χ1n) is 9.30. The van der Waals surface area contributed by atoms with Gasteiger partial charge < -0.3 is 9.64 Å². The second-order valence-corrected chi connectivity index (χ2v) is 7.60. The summed E-state index contributed by atoms with van der Waals surface area (Å²) >= 11 is 6.74. The number of hydrogen-bond donors (Lipinski definition) is 1. The van der Waals surface area contributed by atoms with Crippen molar-refractivity contribution in [3.05, 3.63) is 83.6 Å². The molecular weight excluding hydrogens is 455 g/mol. The number of para-hydroxylation sites is 2. The van der Waals surface area contributed by atoms with Crippen LogP contribution in [0, 0.1) is 11.6 Å². The second kappa shape index (κ2) is 8.19. The van der Waals surface area contributed by atoms with Gasteiger partial charge in [0.15, 0.2) is 5.75 Å². The first-order chi connectivity index (χ1) is 15.1. The van der Waals surface area contributed by atoms with E-state index in [-0.39, 0.29) is 18.3 Å². The topological polar surface area (TPSA) is 40.6 Å². The first-order valence-corrected chi connectivity index (χ1v) is 9.67. The van der Waals surface area contributed by atoms with Crippen LogP contribution in [0.1, 0.15) is 11.1 Å². The zero-order valence-corrected chi connectivity index (χ0v) is 17.3. The molecule has 168 valence electrons. The van der Waals surface area contributed by atoms with Crippen molar-refractivity contribution in [2.24, 2.45) is 0 Å². The average molecular weight is 471 g/mol. The third-order valence-electron chi connectivity index (χ3n) is 4.79. The van der Waals surface area contributed by atoms with Crippen LogP contribution in [-0.4, -0.2) is 23.7 Å². The van der Waals surface area contributed by atoms with Gasteiger partial charge in [0.05, 0.1) is 23.5 Å². The minimum atomic E-state index is -4.53. The maximum Gasteiger partial charge on any atom is 0.417 e. The van der Waals surface area contributed by atoms with E-state index in [0.29, 0.717) is 11.9 Å². The van der Waals surface area contributed by atoms with Crippen LogP contribution in [0.5, 0.6) is 11.6 Å². The molecule has 3 aromatic rings. The lowest BCUT2D eigenvalue weighted by molar-refractivity contribution is -0.137. The van der Waals surface area contributed by atoms with Crippen molar-refractivity contribution < 1.29 is 26.7 Å². The van der Waals surface area contributed by atoms with Crippen LogP contribution in [0.2, 0.25) is 0 Å². The van der Waals surface area contributed by atoms with Gasteiger partial charge in [-0.15, -0.1) is 0 Å². The number of ether oxygens (including phenoxy) is 1. The average Bonchev–Trinajstić information content (AvgIpc) is 3.02. The van der Waals surface area contributed by atoms with Gasteiger partial charge in [0, 0.05) is 19.3 Å². The van der Waals surface area contributed by atoms with Crippen molar-refractivity contribution in [3.63, 3.8) is 0 Å². The Morgan fingerprint density at radius 1 is 1.03 bits per heavy atom. The lowest BCUT2D eigenvalue weighted by Crippen LogP contribution is -2.46. The number of rotatable bonds is 4. The molecule has 1 unspecified atom stereocenters. The Morgan fingerprint density at radius 2 is 1.72 bits per heavy atom. The molecule has 32 heavy (non-hydrogen) atoms. The molecule has 1 aliphatic rings. The summed E-state index contributed by atoms with van der Waals surface area (Å²) in [6, 6.07) is 11.8. The maximum atomic E-state index is 14.6. The van der Waals surface area contributed by atoms with Crippen molar-refractivity contribution in [2.75, 3.05) is 18.6 Å². The van der Waals surface area contributed by atoms with Crippen LogP contribution in [0.15, 0.2) is 60.8 Å². The fourth-order valence-electron chi connectivity index (χ4n) is 3.39. The highest BCUT2D eigenvalue weighted by molar-refractivity contribution is 6.25. The van der Waals surface area contributed by atoms with E-state index >= 15 is 0 Å². The molecule has 1 N–H and O–H groups in total. The minimum Gasteiger partial charge on any atom is -0.437 e. The highest BCUT2D eigenvalue weighted by Crippen LogP contribution is 2.44. The summed E-state index contributed by atoms with van der Waals surface area (Å²) in [6.45, 7) is 0.109. The lowest BCUT2D eigenvalue weighted by Gasteiger charge is -2.34. The molecule has 1 saturated heterocycles. The number of nitrogens with one attached hydrogen (secondary N) is 1. The largest absolute Gasteiger partial charge is 0.437 e. The van der Waals surface area contributed by atoms with Gasteiger partial charge in [0.2, 0.25) is 11.0 Å². The van der Waals surface area contributed by atoms with Crippen LogP contribution in [0.4, 0.5) is 27.6 Å². The summed E-state index contributed by atoms with van der Waals surface area (Å²) in [6.07, 6.45) is -3.87. The molecule has 0 aliphatic carbocycles. The van der Waals surface area contributed by atoms with E-state index in [2.05, 4.69) is 10.4 Å². The monoisotopic (exact) mass is 470 g/mol. The summed E-state index contributed by atoms with van der Waals surface area (Å²) in [5.74, 6) is -1.62. The molecule has 0 amide bonds.